The third-order valence-corrected chi connectivity index (χ3v) is 5.84. The van der Waals surface area contributed by atoms with Gasteiger partial charge in [0, 0.05) is 32.4 Å². The van der Waals surface area contributed by atoms with Crippen LogP contribution in [0.4, 0.5) is 5.69 Å². The molecule has 0 saturated heterocycles. The van der Waals surface area contributed by atoms with Gasteiger partial charge in [0.2, 0.25) is 5.82 Å². The maximum Gasteiger partial charge on any atom is 0.294 e. The Bertz CT molecular complexity index is 902. The van der Waals surface area contributed by atoms with Gasteiger partial charge in [0.05, 0.1) is 5.69 Å². The lowest BCUT2D eigenvalue weighted by Crippen LogP contribution is -2.32. The van der Waals surface area contributed by atoms with Crippen molar-refractivity contribution in [3.63, 3.8) is 0 Å². The molecule has 28 heavy (non-hydrogen) atoms. The van der Waals surface area contributed by atoms with Crippen molar-refractivity contribution >= 4 is 17.5 Å². The van der Waals surface area contributed by atoms with Gasteiger partial charge in [-0.15, -0.1) is 0 Å². The molecule has 1 aromatic carbocycles. The van der Waals surface area contributed by atoms with Crippen LogP contribution in [0.15, 0.2) is 24.3 Å². The molecule has 6 nitrogen and oxygen atoms in total. The normalized spacial score (nSPS) is 15.3. The number of anilines is 1. The molecule has 0 unspecified atom stereocenters. The fourth-order valence-corrected chi connectivity index (χ4v) is 4.23. The van der Waals surface area contributed by atoms with Crippen molar-refractivity contribution in [2.45, 2.75) is 52.0 Å². The van der Waals surface area contributed by atoms with Gasteiger partial charge in [-0.3, -0.25) is 9.59 Å². The number of hydrogen-bond acceptors (Lipinski definition) is 3. The Balaban J connectivity index is 1.68. The number of imidazole rings is 1. The number of nitrogens with zero attached hydrogens (tertiary/aromatic N) is 4. The number of unbranched alkanes of at least 4 members (excludes halogenated alkanes) is 1. The van der Waals surface area contributed by atoms with E-state index >= 15 is 0 Å². The standard InChI is InChI=1S/C22H28N4O2/c1-3-4-13-24(2)21(27)19-18-11-7-8-14-25(18)20(23-19)22(28)26-15-12-16-9-5-6-10-17(16)26/h5-6,9-10H,3-4,7-8,11-15H2,1-2H3. The second-order valence-electron chi connectivity index (χ2n) is 7.76. The van der Waals surface area contributed by atoms with E-state index in [-0.39, 0.29) is 11.8 Å². The fourth-order valence-electron chi connectivity index (χ4n) is 4.23. The fraction of sp³-hybridized carbons (Fsp3) is 0.500. The highest BCUT2D eigenvalue weighted by Gasteiger charge is 2.33. The van der Waals surface area contributed by atoms with Crippen LogP contribution >= 0.6 is 0 Å². The topological polar surface area (TPSA) is 58.4 Å². The van der Waals surface area contributed by atoms with Gasteiger partial charge in [0.1, 0.15) is 5.69 Å². The minimum absolute atomic E-state index is 0.0695. The molecule has 6 heteroatoms. The number of benzene rings is 1. The number of rotatable bonds is 5. The predicted octanol–water partition coefficient (Wildman–Crippen LogP) is 3.29. The Kier molecular flexibility index (Phi) is 5.20. The van der Waals surface area contributed by atoms with Crippen molar-refractivity contribution in [2.24, 2.45) is 0 Å². The van der Waals surface area contributed by atoms with Crippen LogP contribution in [0.5, 0.6) is 0 Å². The molecule has 0 saturated carbocycles. The average molecular weight is 380 g/mol. The van der Waals surface area contributed by atoms with Crippen LogP contribution in [-0.2, 0) is 19.4 Å². The van der Waals surface area contributed by atoms with E-state index in [0.29, 0.717) is 24.6 Å². The number of fused-ring (bicyclic) bond motifs is 2. The lowest BCUT2D eigenvalue weighted by molar-refractivity contribution is 0.0786. The van der Waals surface area contributed by atoms with Crippen molar-refractivity contribution in [2.75, 3.05) is 25.0 Å². The molecule has 2 aliphatic heterocycles. The highest BCUT2D eigenvalue weighted by atomic mass is 16.2. The molecule has 0 atom stereocenters. The van der Waals surface area contributed by atoms with E-state index in [2.05, 4.69) is 18.0 Å². The van der Waals surface area contributed by atoms with Crippen LogP contribution in [0, 0.1) is 0 Å². The van der Waals surface area contributed by atoms with Gasteiger partial charge in [0.15, 0.2) is 0 Å². The van der Waals surface area contributed by atoms with Gasteiger partial charge < -0.3 is 14.4 Å². The highest BCUT2D eigenvalue weighted by molar-refractivity contribution is 6.06. The lowest BCUT2D eigenvalue weighted by Gasteiger charge is -2.21. The molecule has 148 valence electrons. The predicted molar refractivity (Wildman–Crippen MR) is 109 cm³/mol. The van der Waals surface area contributed by atoms with Gasteiger partial charge in [-0.2, -0.15) is 0 Å². The SMILES string of the molecule is CCCCN(C)C(=O)c1nc(C(=O)N2CCc3ccccc32)n2c1CCCC2. The summed E-state index contributed by atoms with van der Waals surface area (Å²) in [6, 6.07) is 8.03. The molecule has 3 heterocycles. The third-order valence-electron chi connectivity index (χ3n) is 5.84. The summed E-state index contributed by atoms with van der Waals surface area (Å²) in [5.74, 6) is 0.252. The Morgan fingerprint density at radius 3 is 2.79 bits per heavy atom. The van der Waals surface area contributed by atoms with E-state index in [4.69, 9.17) is 0 Å². The quantitative estimate of drug-likeness (QED) is 0.800. The van der Waals surface area contributed by atoms with Gasteiger partial charge >= 0.3 is 0 Å². The van der Waals surface area contributed by atoms with Gasteiger partial charge in [-0.1, -0.05) is 31.5 Å². The smallest absolute Gasteiger partial charge is 0.294 e. The Morgan fingerprint density at radius 2 is 1.96 bits per heavy atom. The van der Waals surface area contributed by atoms with Crippen LogP contribution < -0.4 is 4.90 Å². The summed E-state index contributed by atoms with van der Waals surface area (Å²) in [6.07, 6.45) is 5.72. The van der Waals surface area contributed by atoms with E-state index in [1.165, 1.54) is 5.56 Å². The zero-order valence-corrected chi connectivity index (χ0v) is 16.8. The van der Waals surface area contributed by atoms with Crippen molar-refractivity contribution in [3.8, 4) is 0 Å². The molecule has 1 aromatic heterocycles. The van der Waals surface area contributed by atoms with Crippen molar-refractivity contribution in [3.05, 3.63) is 47.0 Å². The first-order chi connectivity index (χ1) is 13.6. The third kappa shape index (κ3) is 3.21. The van der Waals surface area contributed by atoms with E-state index in [1.807, 2.05) is 34.7 Å². The van der Waals surface area contributed by atoms with Crippen LogP contribution in [0.2, 0.25) is 0 Å². The molecular formula is C22H28N4O2. The summed E-state index contributed by atoms with van der Waals surface area (Å²) in [6.45, 7) is 4.25. The Hall–Kier alpha value is -2.63. The zero-order valence-electron chi connectivity index (χ0n) is 16.8. The summed E-state index contributed by atoms with van der Waals surface area (Å²) in [5.41, 5.74) is 3.55. The molecule has 0 radical (unpaired) electrons. The maximum atomic E-state index is 13.4. The zero-order chi connectivity index (χ0) is 19.7. The number of para-hydroxylation sites is 1. The van der Waals surface area contributed by atoms with Crippen LogP contribution in [0.3, 0.4) is 0 Å². The number of carbonyl (C=O) groups is 2. The number of carbonyl (C=O) groups excluding carboxylic acids is 2. The molecule has 0 fully saturated rings. The van der Waals surface area contributed by atoms with Crippen molar-refractivity contribution < 1.29 is 9.59 Å². The molecule has 4 rings (SSSR count). The largest absolute Gasteiger partial charge is 0.340 e. The lowest BCUT2D eigenvalue weighted by atomic mass is 10.1. The second-order valence-corrected chi connectivity index (χ2v) is 7.76. The number of aromatic nitrogens is 2. The molecule has 2 aromatic rings. The van der Waals surface area contributed by atoms with Gasteiger partial charge in [-0.25, -0.2) is 4.98 Å². The molecule has 2 aliphatic rings. The monoisotopic (exact) mass is 380 g/mol. The maximum absolute atomic E-state index is 13.4. The Morgan fingerprint density at radius 1 is 1.14 bits per heavy atom. The summed E-state index contributed by atoms with van der Waals surface area (Å²) in [7, 11) is 1.82. The van der Waals surface area contributed by atoms with E-state index in [9.17, 15) is 9.59 Å². The molecule has 2 amide bonds. The molecule has 0 bridgehead atoms. The van der Waals surface area contributed by atoms with Crippen LogP contribution in [0.25, 0.3) is 0 Å². The first kappa shape index (κ1) is 18.7. The van der Waals surface area contributed by atoms with E-state index in [0.717, 1.165) is 56.5 Å². The molecule has 0 spiro atoms. The summed E-state index contributed by atoms with van der Waals surface area (Å²) < 4.78 is 1.99. The van der Waals surface area contributed by atoms with Gasteiger partial charge in [-0.05, 0) is 43.7 Å². The molecular weight excluding hydrogens is 352 g/mol. The summed E-state index contributed by atoms with van der Waals surface area (Å²) >= 11 is 0. The number of hydrogen-bond donors (Lipinski definition) is 0. The van der Waals surface area contributed by atoms with Crippen molar-refractivity contribution in [1.29, 1.82) is 0 Å². The minimum Gasteiger partial charge on any atom is -0.340 e. The minimum atomic E-state index is -0.0941. The van der Waals surface area contributed by atoms with Gasteiger partial charge in [0.25, 0.3) is 11.8 Å². The second kappa shape index (κ2) is 7.78. The number of amides is 2. The van der Waals surface area contributed by atoms with E-state index < -0.39 is 0 Å². The molecule has 0 aliphatic carbocycles. The first-order valence-corrected chi connectivity index (χ1v) is 10.4. The average Bonchev–Trinajstić information content (AvgIpc) is 3.33. The van der Waals surface area contributed by atoms with E-state index in [1.54, 1.807) is 4.90 Å². The summed E-state index contributed by atoms with van der Waals surface area (Å²) in [5, 5.41) is 0. The van der Waals surface area contributed by atoms with Crippen LogP contribution in [-0.4, -0.2) is 46.4 Å². The summed E-state index contributed by atoms with van der Waals surface area (Å²) in [4.78, 5) is 34.6. The van der Waals surface area contributed by atoms with Crippen LogP contribution in [0.1, 0.15) is 65.0 Å². The Labute approximate surface area is 166 Å². The highest BCUT2D eigenvalue weighted by Crippen LogP contribution is 2.30. The molecule has 0 N–H and O–H groups in total. The van der Waals surface area contributed by atoms with Crippen molar-refractivity contribution in [1.82, 2.24) is 14.5 Å². The first-order valence-electron chi connectivity index (χ1n) is 10.4.